The van der Waals surface area contributed by atoms with Crippen LogP contribution in [0.25, 0.3) is 0 Å². The van der Waals surface area contributed by atoms with E-state index in [1.54, 1.807) is 5.38 Å². The van der Waals surface area contributed by atoms with E-state index in [0.29, 0.717) is 5.69 Å². The molecule has 1 rings (SSSR count). The van der Waals surface area contributed by atoms with Gasteiger partial charge in [-0.05, 0) is 12.8 Å². The predicted molar refractivity (Wildman–Crippen MR) is 77.2 cm³/mol. The fraction of sp³-hybridized carbons (Fsp3) is 0.615. The van der Waals surface area contributed by atoms with Gasteiger partial charge in [-0.3, -0.25) is 4.79 Å². The third kappa shape index (κ3) is 4.57. The minimum Gasteiger partial charge on any atom is -0.467 e. The van der Waals surface area contributed by atoms with E-state index in [4.69, 9.17) is 5.73 Å². The van der Waals surface area contributed by atoms with Gasteiger partial charge in [0.2, 0.25) is 5.91 Å². The van der Waals surface area contributed by atoms with Crippen molar-refractivity contribution in [3.63, 3.8) is 0 Å². The van der Waals surface area contributed by atoms with Crippen LogP contribution >= 0.6 is 11.3 Å². The van der Waals surface area contributed by atoms with Gasteiger partial charge in [-0.25, -0.2) is 9.78 Å². The summed E-state index contributed by atoms with van der Waals surface area (Å²) in [6.07, 6.45) is 0.128. The normalized spacial score (nSPS) is 13.9. The van der Waals surface area contributed by atoms with Crippen molar-refractivity contribution >= 4 is 23.2 Å². The maximum atomic E-state index is 11.9. The molecule has 0 aliphatic carbocycles. The molecule has 2 unspecified atom stereocenters. The number of carbonyl (C=O) groups is 2. The average molecular weight is 299 g/mol. The minimum absolute atomic E-state index is 0.0403. The number of amides is 1. The van der Waals surface area contributed by atoms with Crippen LogP contribution in [0.2, 0.25) is 0 Å². The molecule has 112 valence electrons. The fourth-order valence-electron chi connectivity index (χ4n) is 1.63. The van der Waals surface area contributed by atoms with E-state index in [9.17, 15) is 9.59 Å². The molecule has 3 N–H and O–H groups in total. The summed E-state index contributed by atoms with van der Waals surface area (Å²) in [5.74, 6) is -0.736. The average Bonchev–Trinajstić information content (AvgIpc) is 2.83. The lowest BCUT2D eigenvalue weighted by molar-refractivity contribution is -0.146. The number of nitrogens with one attached hydrogen (secondary N) is 1. The third-order valence-electron chi connectivity index (χ3n) is 2.74. The molecule has 0 spiro atoms. The predicted octanol–water partition coefficient (Wildman–Crippen LogP) is 1.02. The molecular formula is C13H21N3O3S. The van der Waals surface area contributed by atoms with Gasteiger partial charge < -0.3 is 15.8 Å². The SMILES string of the molecule is COC(=O)C(NC(=O)Cc1csc(C(C)N)n1)C(C)C. The first-order chi connectivity index (χ1) is 9.35. The molecule has 2 atom stereocenters. The van der Waals surface area contributed by atoms with Crippen LogP contribution in [0.5, 0.6) is 0 Å². The van der Waals surface area contributed by atoms with Crippen molar-refractivity contribution in [1.29, 1.82) is 0 Å². The second-order valence-electron chi connectivity index (χ2n) is 4.95. The lowest BCUT2D eigenvalue weighted by atomic mass is 10.0. The highest BCUT2D eigenvalue weighted by atomic mass is 32.1. The number of ether oxygens (including phenoxy) is 1. The highest BCUT2D eigenvalue weighted by molar-refractivity contribution is 7.09. The van der Waals surface area contributed by atoms with Crippen LogP contribution in [0.3, 0.4) is 0 Å². The second-order valence-corrected chi connectivity index (χ2v) is 5.84. The van der Waals surface area contributed by atoms with Crippen LogP contribution in [-0.4, -0.2) is 30.0 Å². The highest BCUT2D eigenvalue weighted by Gasteiger charge is 2.25. The molecule has 0 aromatic carbocycles. The summed E-state index contributed by atoms with van der Waals surface area (Å²) in [6, 6.07) is -0.783. The summed E-state index contributed by atoms with van der Waals surface area (Å²) >= 11 is 1.43. The molecule has 1 aromatic rings. The van der Waals surface area contributed by atoms with Gasteiger partial charge in [0.15, 0.2) is 0 Å². The van der Waals surface area contributed by atoms with Crippen molar-refractivity contribution in [3.05, 3.63) is 16.1 Å². The molecule has 0 fully saturated rings. The maximum Gasteiger partial charge on any atom is 0.328 e. The molecule has 1 aromatic heterocycles. The molecule has 6 nitrogen and oxygen atoms in total. The van der Waals surface area contributed by atoms with Crippen molar-refractivity contribution in [1.82, 2.24) is 10.3 Å². The second kappa shape index (κ2) is 7.35. The summed E-state index contributed by atoms with van der Waals surface area (Å²) in [6.45, 7) is 5.53. The standard InChI is InChI=1S/C13H21N3O3S/c1-7(2)11(13(18)19-4)16-10(17)5-9-6-20-12(15-9)8(3)14/h6-8,11H,5,14H2,1-4H3,(H,16,17). The highest BCUT2D eigenvalue weighted by Crippen LogP contribution is 2.16. The van der Waals surface area contributed by atoms with Gasteiger partial charge in [-0.2, -0.15) is 0 Å². The van der Waals surface area contributed by atoms with E-state index < -0.39 is 12.0 Å². The Bertz CT molecular complexity index is 471. The number of hydrogen-bond acceptors (Lipinski definition) is 6. The first kappa shape index (κ1) is 16.6. The van der Waals surface area contributed by atoms with Crippen LogP contribution in [-0.2, 0) is 20.7 Å². The quantitative estimate of drug-likeness (QED) is 0.765. The Labute approximate surface area is 122 Å². The zero-order chi connectivity index (χ0) is 15.3. The molecule has 0 aliphatic rings. The summed E-state index contributed by atoms with van der Waals surface area (Å²) in [5.41, 5.74) is 6.38. The van der Waals surface area contributed by atoms with E-state index >= 15 is 0 Å². The van der Waals surface area contributed by atoms with Gasteiger partial charge in [0.1, 0.15) is 11.0 Å². The molecule has 0 saturated heterocycles. The summed E-state index contributed by atoms with van der Waals surface area (Å²) < 4.78 is 4.68. The minimum atomic E-state index is -0.640. The molecule has 7 heteroatoms. The number of nitrogens with zero attached hydrogens (tertiary/aromatic N) is 1. The molecule has 0 radical (unpaired) electrons. The van der Waals surface area contributed by atoms with Gasteiger partial charge in [0, 0.05) is 5.38 Å². The summed E-state index contributed by atoms with van der Waals surface area (Å²) in [5, 5.41) is 5.27. The van der Waals surface area contributed by atoms with Crippen LogP contribution in [0.15, 0.2) is 5.38 Å². The molecule has 1 heterocycles. The number of hydrogen-bond donors (Lipinski definition) is 2. The Morgan fingerprint density at radius 1 is 1.45 bits per heavy atom. The Hall–Kier alpha value is -1.47. The smallest absolute Gasteiger partial charge is 0.328 e. The summed E-state index contributed by atoms with van der Waals surface area (Å²) in [4.78, 5) is 27.8. The maximum absolute atomic E-state index is 11.9. The molecular weight excluding hydrogens is 278 g/mol. The zero-order valence-corrected chi connectivity index (χ0v) is 13.0. The molecule has 20 heavy (non-hydrogen) atoms. The topological polar surface area (TPSA) is 94.3 Å². The number of methoxy groups -OCH3 is 1. The van der Waals surface area contributed by atoms with Gasteiger partial charge in [-0.1, -0.05) is 13.8 Å². The number of thiazole rings is 1. The van der Waals surface area contributed by atoms with Gasteiger partial charge in [0.05, 0.1) is 25.3 Å². The van der Waals surface area contributed by atoms with Crippen molar-refractivity contribution < 1.29 is 14.3 Å². The van der Waals surface area contributed by atoms with E-state index in [1.807, 2.05) is 20.8 Å². The lowest BCUT2D eigenvalue weighted by Crippen LogP contribution is -2.45. The molecule has 0 bridgehead atoms. The van der Waals surface area contributed by atoms with E-state index in [0.717, 1.165) is 5.01 Å². The Morgan fingerprint density at radius 2 is 2.10 bits per heavy atom. The van der Waals surface area contributed by atoms with Crippen molar-refractivity contribution in [2.45, 2.75) is 39.3 Å². The Morgan fingerprint density at radius 3 is 2.55 bits per heavy atom. The Kier molecular flexibility index (Phi) is 6.09. The van der Waals surface area contributed by atoms with Gasteiger partial charge in [-0.15, -0.1) is 11.3 Å². The van der Waals surface area contributed by atoms with E-state index in [2.05, 4.69) is 15.0 Å². The third-order valence-corrected chi connectivity index (χ3v) is 3.83. The number of carbonyl (C=O) groups excluding carboxylic acids is 2. The lowest BCUT2D eigenvalue weighted by Gasteiger charge is -2.19. The molecule has 0 saturated carbocycles. The largest absolute Gasteiger partial charge is 0.467 e. The first-order valence-corrected chi connectivity index (χ1v) is 7.30. The van der Waals surface area contributed by atoms with E-state index in [1.165, 1.54) is 18.4 Å². The molecule has 1 amide bonds. The van der Waals surface area contributed by atoms with Crippen LogP contribution in [0.1, 0.15) is 37.5 Å². The number of esters is 1. The fourth-order valence-corrected chi connectivity index (χ4v) is 2.40. The van der Waals surface area contributed by atoms with Crippen LogP contribution in [0, 0.1) is 5.92 Å². The zero-order valence-electron chi connectivity index (χ0n) is 12.2. The van der Waals surface area contributed by atoms with Gasteiger partial charge in [0.25, 0.3) is 0 Å². The molecule has 0 aliphatic heterocycles. The first-order valence-electron chi connectivity index (χ1n) is 6.42. The number of aromatic nitrogens is 1. The van der Waals surface area contributed by atoms with Crippen molar-refractivity contribution in [3.8, 4) is 0 Å². The summed E-state index contributed by atoms with van der Waals surface area (Å²) in [7, 11) is 1.30. The monoisotopic (exact) mass is 299 g/mol. The Balaban J connectivity index is 2.63. The van der Waals surface area contributed by atoms with Crippen molar-refractivity contribution in [2.24, 2.45) is 11.7 Å². The van der Waals surface area contributed by atoms with Crippen molar-refractivity contribution in [2.75, 3.05) is 7.11 Å². The number of rotatable bonds is 6. The number of nitrogens with two attached hydrogens (primary N) is 1. The van der Waals surface area contributed by atoms with Crippen LogP contribution < -0.4 is 11.1 Å². The van der Waals surface area contributed by atoms with Gasteiger partial charge >= 0.3 is 5.97 Å². The van der Waals surface area contributed by atoms with Crippen LogP contribution in [0.4, 0.5) is 0 Å². The van der Waals surface area contributed by atoms with E-state index in [-0.39, 0.29) is 24.3 Å².